The van der Waals surface area contributed by atoms with Crippen molar-refractivity contribution in [3.8, 4) is 23.0 Å². The van der Waals surface area contributed by atoms with Crippen LogP contribution in [0.5, 0.6) is 23.0 Å². The predicted molar refractivity (Wildman–Crippen MR) is 162 cm³/mol. The minimum atomic E-state index is 0.0468. The number of phenols is 2. The summed E-state index contributed by atoms with van der Waals surface area (Å²) in [6, 6.07) is 7.60. The molecule has 0 atom stereocenters. The van der Waals surface area contributed by atoms with Crippen molar-refractivity contribution < 1.29 is 24.5 Å². The number of phenolic OH excluding ortho intramolecular Hbond substituents is 2. The Bertz CT molecular complexity index is 1210. The largest absolute Gasteiger partial charge is 0.504 e. The molecular weight excluding hydrogens is 516 g/mol. The Morgan fingerprint density at radius 3 is 1.46 bits per heavy atom. The molecule has 3 fully saturated rings. The number of Topliss-reactive ketones (excluding diaryl/α,β-unsaturated/α-hetero) is 1. The summed E-state index contributed by atoms with van der Waals surface area (Å²) in [6.07, 6.45) is 13.4. The number of carbonyl (C=O) groups excluding carboxylic acids is 1. The highest BCUT2D eigenvalue weighted by Crippen LogP contribution is 2.37. The van der Waals surface area contributed by atoms with Gasteiger partial charge in [-0.05, 0) is 119 Å². The molecule has 2 aromatic rings. The van der Waals surface area contributed by atoms with Gasteiger partial charge in [0, 0.05) is 35.4 Å². The number of hydrogen-bond acceptors (Lipinski definition) is 7. The number of aromatic hydroxyl groups is 2. The van der Waals surface area contributed by atoms with Crippen LogP contribution in [0.1, 0.15) is 80.0 Å². The topological polar surface area (TPSA) is 82.5 Å². The molecule has 1 saturated carbocycles. The lowest BCUT2D eigenvalue weighted by atomic mass is 9.86. The van der Waals surface area contributed by atoms with Crippen LogP contribution in [-0.2, 0) is 17.9 Å². The zero-order valence-corrected chi connectivity index (χ0v) is 24.6. The molecule has 2 aliphatic heterocycles. The summed E-state index contributed by atoms with van der Waals surface area (Å²) in [5.74, 6) is 1.27. The van der Waals surface area contributed by atoms with E-state index in [1.54, 1.807) is 14.2 Å². The fraction of sp³-hybridized carbons (Fsp3) is 0.500. The van der Waals surface area contributed by atoms with Gasteiger partial charge in [-0.3, -0.25) is 14.6 Å². The maximum absolute atomic E-state index is 13.7. The first-order valence-electron chi connectivity index (χ1n) is 15.2. The van der Waals surface area contributed by atoms with Crippen LogP contribution in [0.3, 0.4) is 0 Å². The minimum absolute atomic E-state index is 0.0468. The summed E-state index contributed by atoms with van der Waals surface area (Å²) in [7, 11) is 3.13. The van der Waals surface area contributed by atoms with Crippen molar-refractivity contribution in [2.75, 3.05) is 40.4 Å². The second-order valence-electron chi connectivity index (χ2n) is 11.7. The summed E-state index contributed by atoms with van der Waals surface area (Å²) in [5.41, 5.74) is 4.92. The first-order chi connectivity index (χ1) is 19.9. The lowest BCUT2D eigenvalue weighted by Crippen LogP contribution is -2.29. The molecule has 2 heterocycles. The van der Waals surface area contributed by atoms with E-state index < -0.39 is 0 Å². The molecule has 7 heteroatoms. The standard InChI is InChI=1S/C34H44N2O5/c1-40-30-20-24(18-28(33(30)38)22-35-12-5-3-6-13-35)16-26-10-9-11-27(32(26)37)17-25-19-29(34(39)31(21-25)41-2)23-36-14-7-4-8-15-36/h16-21,38-39H,3-15,22-23H2,1-2H3/b26-16+,27-17+. The number of rotatable bonds is 8. The Morgan fingerprint density at radius 1 is 0.659 bits per heavy atom. The van der Waals surface area contributed by atoms with Crippen LogP contribution in [0.2, 0.25) is 0 Å². The number of nitrogens with zero attached hydrogens (tertiary/aromatic N) is 2. The zero-order valence-electron chi connectivity index (χ0n) is 24.6. The van der Waals surface area contributed by atoms with E-state index in [1.807, 2.05) is 36.4 Å². The number of ether oxygens (including phenoxy) is 2. The minimum Gasteiger partial charge on any atom is -0.504 e. The molecule has 0 bridgehead atoms. The van der Waals surface area contributed by atoms with Crippen LogP contribution in [0.4, 0.5) is 0 Å². The van der Waals surface area contributed by atoms with Gasteiger partial charge < -0.3 is 19.7 Å². The highest BCUT2D eigenvalue weighted by atomic mass is 16.5. The smallest absolute Gasteiger partial charge is 0.185 e. The summed E-state index contributed by atoms with van der Waals surface area (Å²) < 4.78 is 11.0. The Hall–Kier alpha value is -3.29. The first-order valence-corrected chi connectivity index (χ1v) is 15.2. The van der Waals surface area contributed by atoms with Gasteiger partial charge in [0.05, 0.1) is 14.2 Å². The van der Waals surface area contributed by atoms with Crippen LogP contribution in [0, 0.1) is 0 Å². The molecule has 220 valence electrons. The SMILES string of the molecule is COc1cc(/C=C2\CCC/C(=C\c3cc(CN4CCCCC4)c(O)c(OC)c3)C2=O)cc(CN2CCCCC2)c1O. The second kappa shape index (κ2) is 13.6. The number of carbonyl (C=O) groups is 1. The fourth-order valence-corrected chi connectivity index (χ4v) is 6.39. The van der Waals surface area contributed by atoms with Gasteiger partial charge in [0.1, 0.15) is 0 Å². The monoisotopic (exact) mass is 560 g/mol. The highest BCUT2D eigenvalue weighted by Gasteiger charge is 2.23. The van der Waals surface area contributed by atoms with E-state index in [1.165, 1.54) is 38.5 Å². The molecule has 0 radical (unpaired) electrons. The quantitative estimate of drug-likeness (QED) is 0.366. The molecule has 0 aromatic heterocycles. The van der Waals surface area contributed by atoms with Crippen molar-refractivity contribution in [1.82, 2.24) is 9.80 Å². The van der Waals surface area contributed by atoms with Crippen molar-refractivity contribution in [2.45, 2.75) is 70.9 Å². The Kier molecular flexibility index (Phi) is 9.68. The van der Waals surface area contributed by atoms with E-state index in [-0.39, 0.29) is 17.3 Å². The third-order valence-electron chi connectivity index (χ3n) is 8.63. The average molecular weight is 561 g/mol. The van der Waals surface area contributed by atoms with E-state index in [0.29, 0.717) is 37.4 Å². The molecular formula is C34H44N2O5. The van der Waals surface area contributed by atoms with Crippen LogP contribution in [0.15, 0.2) is 35.4 Å². The van der Waals surface area contributed by atoms with E-state index >= 15 is 0 Å². The summed E-state index contributed by atoms with van der Waals surface area (Å²) in [5, 5.41) is 21.6. The van der Waals surface area contributed by atoms with E-state index in [4.69, 9.17) is 9.47 Å². The van der Waals surface area contributed by atoms with E-state index in [0.717, 1.165) is 66.0 Å². The van der Waals surface area contributed by atoms with Gasteiger partial charge in [-0.1, -0.05) is 12.8 Å². The molecule has 0 unspecified atom stereocenters. The maximum Gasteiger partial charge on any atom is 0.185 e. The molecule has 0 spiro atoms. The molecule has 2 saturated heterocycles. The summed E-state index contributed by atoms with van der Waals surface area (Å²) in [4.78, 5) is 18.4. The number of piperidine rings is 2. The molecule has 2 N–H and O–H groups in total. The third-order valence-corrected chi connectivity index (χ3v) is 8.63. The van der Waals surface area contributed by atoms with Gasteiger partial charge in [-0.25, -0.2) is 0 Å². The number of likely N-dealkylation sites (tertiary alicyclic amines) is 2. The lowest BCUT2D eigenvalue weighted by Gasteiger charge is -2.27. The predicted octanol–water partition coefficient (Wildman–Crippen LogP) is 6.31. The number of methoxy groups -OCH3 is 2. The van der Waals surface area contributed by atoms with Gasteiger partial charge in [-0.2, -0.15) is 0 Å². The zero-order chi connectivity index (χ0) is 28.8. The van der Waals surface area contributed by atoms with Crippen molar-refractivity contribution in [1.29, 1.82) is 0 Å². The van der Waals surface area contributed by atoms with Gasteiger partial charge in [0.25, 0.3) is 0 Å². The summed E-state index contributed by atoms with van der Waals surface area (Å²) in [6.45, 7) is 5.45. The fourth-order valence-electron chi connectivity index (χ4n) is 6.39. The number of benzene rings is 2. The van der Waals surface area contributed by atoms with Gasteiger partial charge in [-0.15, -0.1) is 0 Å². The third kappa shape index (κ3) is 7.14. The molecule has 5 rings (SSSR count). The Morgan fingerprint density at radius 2 is 1.07 bits per heavy atom. The molecule has 2 aromatic carbocycles. The molecule has 7 nitrogen and oxygen atoms in total. The van der Waals surface area contributed by atoms with Crippen LogP contribution >= 0.6 is 0 Å². The molecule has 3 aliphatic rings. The van der Waals surface area contributed by atoms with Crippen LogP contribution in [0.25, 0.3) is 12.2 Å². The van der Waals surface area contributed by atoms with Gasteiger partial charge >= 0.3 is 0 Å². The van der Waals surface area contributed by atoms with Gasteiger partial charge in [0.2, 0.25) is 0 Å². The van der Waals surface area contributed by atoms with E-state index in [2.05, 4.69) is 9.80 Å². The number of ketones is 1. The van der Waals surface area contributed by atoms with Crippen molar-refractivity contribution >= 4 is 17.9 Å². The first kappa shape index (κ1) is 29.2. The molecule has 0 amide bonds. The maximum atomic E-state index is 13.7. The van der Waals surface area contributed by atoms with E-state index in [9.17, 15) is 15.0 Å². The van der Waals surface area contributed by atoms with Crippen LogP contribution < -0.4 is 9.47 Å². The molecule has 1 aliphatic carbocycles. The normalized spacial score (nSPS) is 21.0. The van der Waals surface area contributed by atoms with Crippen LogP contribution in [-0.4, -0.2) is 66.2 Å². The number of hydrogen-bond donors (Lipinski definition) is 2. The van der Waals surface area contributed by atoms with Crippen molar-refractivity contribution in [2.24, 2.45) is 0 Å². The number of allylic oxidation sites excluding steroid dienone is 2. The lowest BCUT2D eigenvalue weighted by molar-refractivity contribution is -0.112. The van der Waals surface area contributed by atoms with Gasteiger partial charge in [0.15, 0.2) is 28.8 Å². The second-order valence-corrected chi connectivity index (χ2v) is 11.7. The Labute approximate surface area is 244 Å². The Balaban J connectivity index is 1.40. The average Bonchev–Trinajstić information content (AvgIpc) is 2.99. The van der Waals surface area contributed by atoms with Crippen molar-refractivity contribution in [3.63, 3.8) is 0 Å². The summed E-state index contributed by atoms with van der Waals surface area (Å²) >= 11 is 0. The van der Waals surface area contributed by atoms with Crippen molar-refractivity contribution in [3.05, 3.63) is 57.7 Å². The highest BCUT2D eigenvalue weighted by molar-refractivity contribution is 6.14. The molecule has 41 heavy (non-hydrogen) atoms.